The van der Waals surface area contributed by atoms with Gasteiger partial charge in [-0.2, -0.15) is 0 Å². The van der Waals surface area contributed by atoms with Crippen LogP contribution in [0.5, 0.6) is 0 Å². The number of carbonyl (C=O) groups is 1. The molecule has 0 aliphatic rings. The lowest BCUT2D eigenvalue weighted by molar-refractivity contribution is 0.0409. The second-order valence-electron chi connectivity index (χ2n) is 8.19. The van der Waals surface area contributed by atoms with Crippen molar-refractivity contribution in [2.24, 2.45) is 0 Å². The Bertz CT molecular complexity index is 1420. The Morgan fingerprint density at radius 1 is 0.971 bits per heavy atom. The van der Waals surface area contributed by atoms with E-state index in [-0.39, 0.29) is 0 Å². The van der Waals surface area contributed by atoms with Crippen LogP contribution in [0.2, 0.25) is 0 Å². The molecule has 5 rings (SSSR count). The third-order valence-electron chi connectivity index (χ3n) is 5.70. The maximum Gasteiger partial charge on any atom is 0.365 e. The summed E-state index contributed by atoms with van der Waals surface area (Å²) in [5.74, 6) is 0.149. The molecule has 2 aromatic heterocycles. The van der Waals surface area contributed by atoms with Gasteiger partial charge in [-0.15, -0.1) is 5.10 Å². The third kappa shape index (κ3) is 5.06. The first-order valence-electron chi connectivity index (χ1n) is 11.7. The fraction of sp³-hybridized carbons (Fsp3) is 0.185. The predicted octanol–water partition coefficient (Wildman–Crippen LogP) is 5.62. The summed E-state index contributed by atoms with van der Waals surface area (Å²) in [6.45, 7) is 3.17. The third-order valence-corrected chi connectivity index (χ3v) is 5.70. The highest BCUT2D eigenvalue weighted by Gasteiger charge is 2.14. The van der Waals surface area contributed by atoms with Crippen LogP contribution in [0.15, 0.2) is 83.4 Å². The molecule has 8 heteroatoms. The van der Waals surface area contributed by atoms with Gasteiger partial charge in [0.15, 0.2) is 5.76 Å². The van der Waals surface area contributed by atoms with Crippen molar-refractivity contribution in [1.29, 1.82) is 0 Å². The molecule has 0 spiro atoms. The van der Waals surface area contributed by atoms with Crippen LogP contribution in [-0.4, -0.2) is 32.8 Å². The Labute approximate surface area is 202 Å². The van der Waals surface area contributed by atoms with E-state index in [1.54, 1.807) is 36.4 Å². The molecule has 176 valence electrons. The lowest BCUT2D eigenvalue weighted by Crippen LogP contribution is -2.20. The first-order valence-corrected chi connectivity index (χ1v) is 11.7. The van der Waals surface area contributed by atoms with E-state index < -0.39 is 5.97 Å². The molecule has 0 bridgehead atoms. The van der Waals surface area contributed by atoms with Crippen molar-refractivity contribution in [3.63, 3.8) is 0 Å². The molecule has 0 fully saturated rings. The number of nitrogens with zero attached hydrogens (tertiary/aromatic N) is 4. The number of rotatable bonds is 9. The van der Waals surface area contributed by atoms with E-state index in [9.17, 15) is 4.79 Å². The van der Waals surface area contributed by atoms with E-state index in [1.807, 2.05) is 42.5 Å². The van der Waals surface area contributed by atoms with Gasteiger partial charge >= 0.3 is 5.97 Å². The van der Waals surface area contributed by atoms with Crippen molar-refractivity contribution in [2.75, 3.05) is 11.9 Å². The lowest BCUT2D eigenvalue weighted by atomic mass is 10.1. The number of hydrogen-bond acceptors (Lipinski definition) is 7. The van der Waals surface area contributed by atoms with Gasteiger partial charge in [0.05, 0.1) is 5.56 Å². The van der Waals surface area contributed by atoms with Crippen LogP contribution in [0.3, 0.4) is 0 Å². The van der Waals surface area contributed by atoms with E-state index >= 15 is 0 Å². The molecule has 2 heterocycles. The number of nitrogens with one attached hydrogen (secondary N) is 1. The topological polar surface area (TPSA) is 95.1 Å². The van der Waals surface area contributed by atoms with Crippen molar-refractivity contribution in [3.05, 3.63) is 84.4 Å². The van der Waals surface area contributed by atoms with Gasteiger partial charge in [-0.1, -0.05) is 54.0 Å². The van der Waals surface area contributed by atoms with Crippen molar-refractivity contribution >= 4 is 22.7 Å². The molecule has 0 aliphatic heterocycles. The summed E-state index contributed by atoms with van der Waals surface area (Å²) < 4.78 is 5.57. The molecule has 0 aliphatic carbocycles. The van der Waals surface area contributed by atoms with Crippen LogP contribution >= 0.6 is 0 Å². The highest BCUT2D eigenvalue weighted by Crippen LogP contribution is 2.27. The highest BCUT2D eigenvalue weighted by atomic mass is 16.7. The second kappa shape index (κ2) is 10.2. The fourth-order valence-electron chi connectivity index (χ4n) is 3.73. The van der Waals surface area contributed by atoms with E-state index in [0.717, 1.165) is 34.6 Å². The van der Waals surface area contributed by atoms with Crippen LogP contribution < -0.4 is 10.2 Å². The van der Waals surface area contributed by atoms with Crippen LogP contribution in [-0.2, 0) is 0 Å². The smallest absolute Gasteiger partial charge is 0.365 e. The first kappa shape index (κ1) is 22.3. The maximum atomic E-state index is 12.6. The van der Waals surface area contributed by atoms with E-state index in [4.69, 9.17) is 9.36 Å². The summed E-state index contributed by atoms with van der Waals surface area (Å²) in [5.41, 5.74) is 5.21. The number of carbonyl (C=O) groups excluding carboxylic acids is 1. The van der Waals surface area contributed by atoms with Crippen LogP contribution in [0.25, 0.3) is 33.6 Å². The average molecular weight is 468 g/mol. The molecule has 8 nitrogen and oxygen atoms in total. The largest absolute Gasteiger partial charge is 0.385 e. The standard InChI is InChI=1S/C27H25N5O3/c1-2-3-6-17-28-22-15-13-20(14-16-22)26-18-24(30-34-26)19-9-11-21(12-10-19)27(33)35-32-25-8-5-4-7-23(25)29-31-32/h4-5,7-16,18,28H,2-3,6,17H2,1H3. The Balaban J connectivity index is 1.24. The van der Waals surface area contributed by atoms with Gasteiger partial charge in [0.25, 0.3) is 0 Å². The Morgan fingerprint density at radius 2 is 1.74 bits per heavy atom. The molecular weight excluding hydrogens is 442 g/mol. The van der Waals surface area contributed by atoms with Crippen molar-refractivity contribution in [3.8, 4) is 22.6 Å². The SMILES string of the molecule is CCCCCNc1ccc(-c2cc(-c3ccc(C(=O)On4nnc5ccccc54)cc3)no2)cc1. The monoisotopic (exact) mass is 467 g/mol. The quantitative estimate of drug-likeness (QED) is 0.222. The number of anilines is 1. The number of aromatic nitrogens is 4. The zero-order valence-corrected chi connectivity index (χ0v) is 19.3. The Hall–Kier alpha value is -4.46. The highest BCUT2D eigenvalue weighted by molar-refractivity contribution is 5.90. The molecule has 0 atom stereocenters. The molecular formula is C27H25N5O3. The number of fused-ring (bicyclic) bond motifs is 1. The van der Waals surface area contributed by atoms with Gasteiger partial charge in [-0.25, -0.2) is 4.79 Å². The summed E-state index contributed by atoms with van der Waals surface area (Å²) in [6.07, 6.45) is 3.60. The van der Waals surface area contributed by atoms with Gasteiger partial charge in [-0.3, -0.25) is 0 Å². The number of benzene rings is 3. The summed E-state index contributed by atoms with van der Waals surface area (Å²) in [5, 5.41) is 15.5. The minimum absolute atomic E-state index is 0.388. The average Bonchev–Trinajstić information content (AvgIpc) is 3.55. The molecule has 5 aromatic rings. The number of unbranched alkanes of at least 4 members (excludes halogenated alkanes) is 2. The molecule has 35 heavy (non-hydrogen) atoms. The summed E-state index contributed by atoms with van der Waals surface area (Å²) in [4.78, 5) is 19.1. The molecule has 0 amide bonds. The Kier molecular flexibility index (Phi) is 6.52. The molecule has 0 saturated heterocycles. The van der Waals surface area contributed by atoms with Gasteiger partial charge < -0.3 is 14.7 Å². The molecule has 0 saturated carbocycles. The van der Waals surface area contributed by atoms with Gasteiger partial charge in [-0.05, 0) is 60.2 Å². The van der Waals surface area contributed by atoms with Crippen molar-refractivity contribution in [1.82, 2.24) is 20.3 Å². The van der Waals surface area contributed by atoms with E-state index in [0.29, 0.717) is 28.1 Å². The molecule has 0 unspecified atom stereocenters. The van der Waals surface area contributed by atoms with E-state index in [1.165, 1.54) is 12.8 Å². The second-order valence-corrected chi connectivity index (χ2v) is 8.19. The minimum Gasteiger partial charge on any atom is -0.385 e. The number of hydrogen-bond donors (Lipinski definition) is 1. The number of para-hydroxylation sites is 1. The minimum atomic E-state index is -0.531. The van der Waals surface area contributed by atoms with Crippen molar-refractivity contribution in [2.45, 2.75) is 26.2 Å². The summed E-state index contributed by atoms with van der Waals surface area (Å²) in [7, 11) is 0. The molecule has 3 aromatic carbocycles. The van der Waals surface area contributed by atoms with Gasteiger partial charge in [0.2, 0.25) is 0 Å². The Morgan fingerprint density at radius 3 is 2.54 bits per heavy atom. The zero-order chi connectivity index (χ0) is 24.0. The van der Waals surface area contributed by atoms with E-state index in [2.05, 4.69) is 27.7 Å². The fourth-order valence-corrected chi connectivity index (χ4v) is 3.73. The van der Waals surface area contributed by atoms with Crippen LogP contribution in [0.4, 0.5) is 5.69 Å². The van der Waals surface area contributed by atoms with Gasteiger partial charge in [0.1, 0.15) is 16.7 Å². The summed E-state index contributed by atoms with van der Waals surface area (Å²) >= 11 is 0. The van der Waals surface area contributed by atoms with Crippen LogP contribution in [0.1, 0.15) is 36.5 Å². The summed E-state index contributed by atoms with van der Waals surface area (Å²) in [6, 6.07) is 24.2. The maximum absolute atomic E-state index is 12.6. The van der Waals surface area contributed by atoms with Crippen LogP contribution in [0, 0.1) is 0 Å². The normalized spacial score (nSPS) is 11.0. The molecule has 0 radical (unpaired) electrons. The molecule has 1 N–H and O–H groups in total. The van der Waals surface area contributed by atoms with Crippen molar-refractivity contribution < 1.29 is 14.2 Å². The zero-order valence-electron chi connectivity index (χ0n) is 19.3. The predicted molar refractivity (Wildman–Crippen MR) is 134 cm³/mol. The first-order chi connectivity index (χ1) is 17.2. The lowest BCUT2D eigenvalue weighted by Gasteiger charge is -2.06. The van der Waals surface area contributed by atoms with Gasteiger partial charge in [0, 0.05) is 29.4 Å².